The van der Waals surface area contributed by atoms with Crippen LogP contribution >= 0.6 is 15.9 Å². The summed E-state index contributed by atoms with van der Waals surface area (Å²) in [6, 6.07) is 4.00. The highest BCUT2D eigenvalue weighted by Crippen LogP contribution is 2.20. The minimum absolute atomic E-state index is 0.331. The second-order valence-electron chi connectivity index (χ2n) is 3.25. The first-order valence-corrected chi connectivity index (χ1v) is 5.72. The van der Waals surface area contributed by atoms with Crippen molar-refractivity contribution < 1.29 is 13.9 Å². The number of hydrogen-bond acceptors (Lipinski definition) is 3. The van der Waals surface area contributed by atoms with Gasteiger partial charge in [0, 0.05) is 5.69 Å². The molecule has 88 valence electrons. The van der Waals surface area contributed by atoms with Crippen LogP contribution in [-0.2, 0) is 9.53 Å². The van der Waals surface area contributed by atoms with Crippen LogP contribution in [0.4, 0.5) is 10.1 Å². The SMILES string of the molecule is CCOC(=O)C(C)Nc1ccc(F)c(Br)c1. The molecule has 0 amide bonds. The Hall–Kier alpha value is -1.10. The van der Waals surface area contributed by atoms with Crippen molar-refractivity contribution in [2.45, 2.75) is 19.9 Å². The predicted molar refractivity (Wildman–Crippen MR) is 63.8 cm³/mol. The van der Waals surface area contributed by atoms with E-state index >= 15 is 0 Å². The molecule has 1 aromatic rings. The van der Waals surface area contributed by atoms with Crippen molar-refractivity contribution >= 4 is 27.6 Å². The minimum atomic E-state index is -0.461. The number of halogens is 2. The van der Waals surface area contributed by atoms with E-state index in [1.54, 1.807) is 26.0 Å². The highest BCUT2D eigenvalue weighted by Gasteiger charge is 2.13. The molecule has 1 unspecified atom stereocenters. The molecule has 0 spiro atoms. The van der Waals surface area contributed by atoms with E-state index in [1.165, 1.54) is 6.07 Å². The van der Waals surface area contributed by atoms with Gasteiger partial charge in [0.25, 0.3) is 0 Å². The first-order valence-electron chi connectivity index (χ1n) is 4.92. The molecule has 5 heteroatoms. The summed E-state index contributed by atoms with van der Waals surface area (Å²) >= 11 is 3.07. The molecule has 3 nitrogen and oxygen atoms in total. The van der Waals surface area contributed by atoms with Crippen LogP contribution in [0.15, 0.2) is 22.7 Å². The highest BCUT2D eigenvalue weighted by molar-refractivity contribution is 9.10. The van der Waals surface area contributed by atoms with E-state index in [0.29, 0.717) is 16.8 Å². The number of benzene rings is 1. The summed E-state index contributed by atoms with van der Waals surface area (Å²) in [6.07, 6.45) is 0. The van der Waals surface area contributed by atoms with Crippen LogP contribution in [0, 0.1) is 5.82 Å². The Bertz CT molecular complexity index is 384. The van der Waals surface area contributed by atoms with Gasteiger partial charge in [-0.3, -0.25) is 0 Å². The maximum absolute atomic E-state index is 12.9. The number of carbonyl (C=O) groups excluding carboxylic acids is 1. The number of esters is 1. The lowest BCUT2D eigenvalue weighted by molar-refractivity contribution is -0.143. The lowest BCUT2D eigenvalue weighted by Gasteiger charge is -2.14. The standard InChI is InChI=1S/C11H13BrFNO2/c1-3-16-11(15)7(2)14-8-4-5-10(13)9(12)6-8/h4-7,14H,3H2,1-2H3. The lowest BCUT2D eigenvalue weighted by atomic mass is 10.2. The quantitative estimate of drug-likeness (QED) is 0.866. The van der Waals surface area contributed by atoms with E-state index in [9.17, 15) is 9.18 Å². The first kappa shape index (κ1) is 13.0. The predicted octanol–water partition coefficient (Wildman–Crippen LogP) is 2.95. The van der Waals surface area contributed by atoms with Gasteiger partial charge in [0.1, 0.15) is 11.9 Å². The highest BCUT2D eigenvalue weighted by atomic mass is 79.9. The van der Waals surface area contributed by atoms with Gasteiger partial charge in [0.15, 0.2) is 0 Å². The van der Waals surface area contributed by atoms with Gasteiger partial charge in [-0.05, 0) is 48.0 Å². The summed E-state index contributed by atoms with van der Waals surface area (Å²) in [7, 11) is 0. The molecule has 1 atom stereocenters. The van der Waals surface area contributed by atoms with Crippen LogP contribution in [0.1, 0.15) is 13.8 Å². The molecule has 0 aliphatic rings. The summed E-state index contributed by atoms with van der Waals surface area (Å²) in [5.74, 6) is -0.669. The average Bonchev–Trinajstić information content (AvgIpc) is 2.24. The maximum atomic E-state index is 12.9. The van der Waals surface area contributed by atoms with Gasteiger partial charge in [-0.25, -0.2) is 9.18 Å². The van der Waals surface area contributed by atoms with E-state index in [-0.39, 0.29) is 11.8 Å². The molecule has 1 rings (SSSR count). The molecule has 0 aliphatic carbocycles. The molecular formula is C11H13BrFNO2. The smallest absolute Gasteiger partial charge is 0.328 e. The van der Waals surface area contributed by atoms with Crippen LogP contribution in [0.2, 0.25) is 0 Å². The van der Waals surface area contributed by atoms with Gasteiger partial charge in [0.05, 0.1) is 11.1 Å². The van der Waals surface area contributed by atoms with Crippen LogP contribution in [-0.4, -0.2) is 18.6 Å². The zero-order chi connectivity index (χ0) is 12.1. The van der Waals surface area contributed by atoms with Crippen molar-refractivity contribution in [3.63, 3.8) is 0 Å². The molecule has 0 heterocycles. The molecule has 0 bridgehead atoms. The number of hydrogen-bond donors (Lipinski definition) is 1. The minimum Gasteiger partial charge on any atom is -0.464 e. The third kappa shape index (κ3) is 3.48. The molecule has 0 saturated carbocycles. The second kappa shape index (κ2) is 5.84. The molecule has 1 N–H and O–H groups in total. The van der Waals surface area contributed by atoms with Gasteiger partial charge >= 0.3 is 5.97 Å². The van der Waals surface area contributed by atoms with Crippen molar-refractivity contribution in [2.24, 2.45) is 0 Å². The second-order valence-corrected chi connectivity index (χ2v) is 4.10. The molecule has 0 fully saturated rings. The number of carbonyl (C=O) groups is 1. The van der Waals surface area contributed by atoms with E-state index in [2.05, 4.69) is 21.2 Å². The van der Waals surface area contributed by atoms with Crippen molar-refractivity contribution in [3.05, 3.63) is 28.5 Å². The fourth-order valence-corrected chi connectivity index (χ4v) is 1.54. The Morgan fingerprint density at radius 1 is 1.62 bits per heavy atom. The molecular weight excluding hydrogens is 277 g/mol. The first-order chi connectivity index (χ1) is 7.54. The largest absolute Gasteiger partial charge is 0.464 e. The molecule has 0 aliphatic heterocycles. The molecule has 0 aromatic heterocycles. The maximum Gasteiger partial charge on any atom is 0.328 e. The zero-order valence-electron chi connectivity index (χ0n) is 9.09. The monoisotopic (exact) mass is 289 g/mol. The summed E-state index contributed by atoms with van der Waals surface area (Å²) in [5, 5.41) is 2.92. The van der Waals surface area contributed by atoms with Crippen molar-refractivity contribution in [3.8, 4) is 0 Å². The van der Waals surface area contributed by atoms with Crippen molar-refractivity contribution in [2.75, 3.05) is 11.9 Å². The number of nitrogens with one attached hydrogen (secondary N) is 1. The van der Waals surface area contributed by atoms with E-state index < -0.39 is 6.04 Å². The van der Waals surface area contributed by atoms with Gasteiger partial charge in [-0.1, -0.05) is 0 Å². The number of anilines is 1. The Labute approximate surface area is 102 Å². The topological polar surface area (TPSA) is 38.3 Å². The summed E-state index contributed by atoms with van der Waals surface area (Å²) < 4.78 is 18.1. The normalized spacial score (nSPS) is 12.0. The summed E-state index contributed by atoms with van der Waals surface area (Å²) in [6.45, 7) is 3.78. The summed E-state index contributed by atoms with van der Waals surface area (Å²) in [4.78, 5) is 11.3. The van der Waals surface area contributed by atoms with Crippen molar-refractivity contribution in [1.82, 2.24) is 0 Å². The number of rotatable bonds is 4. The fourth-order valence-electron chi connectivity index (χ4n) is 1.16. The van der Waals surface area contributed by atoms with E-state index in [1.807, 2.05) is 0 Å². The van der Waals surface area contributed by atoms with Crippen LogP contribution < -0.4 is 5.32 Å². The third-order valence-electron chi connectivity index (χ3n) is 1.94. The van der Waals surface area contributed by atoms with Gasteiger partial charge < -0.3 is 10.1 Å². The van der Waals surface area contributed by atoms with E-state index in [4.69, 9.17) is 4.74 Å². The zero-order valence-corrected chi connectivity index (χ0v) is 10.7. The Kier molecular flexibility index (Phi) is 4.73. The average molecular weight is 290 g/mol. The fraction of sp³-hybridized carbons (Fsp3) is 0.364. The molecule has 0 saturated heterocycles. The Balaban J connectivity index is 2.66. The molecule has 1 aromatic carbocycles. The van der Waals surface area contributed by atoms with E-state index in [0.717, 1.165) is 0 Å². The van der Waals surface area contributed by atoms with Gasteiger partial charge in [-0.15, -0.1) is 0 Å². The number of ether oxygens (including phenoxy) is 1. The van der Waals surface area contributed by atoms with Gasteiger partial charge in [0.2, 0.25) is 0 Å². The summed E-state index contributed by atoms with van der Waals surface area (Å²) in [5.41, 5.74) is 0.661. The molecule has 16 heavy (non-hydrogen) atoms. The van der Waals surface area contributed by atoms with Crippen LogP contribution in [0.5, 0.6) is 0 Å². The Morgan fingerprint density at radius 2 is 2.31 bits per heavy atom. The van der Waals surface area contributed by atoms with Gasteiger partial charge in [-0.2, -0.15) is 0 Å². The third-order valence-corrected chi connectivity index (χ3v) is 2.55. The van der Waals surface area contributed by atoms with Crippen molar-refractivity contribution in [1.29, 1.82) is 0 Å². The Morgan fingerprint density at radius 3 is 2.88 bits per heavy atom. The van der Waals surface area contributed by atoms with Crippen LogP contribution in [0.3, 0.4) is 0 Å². The van der Waals surface area contributed by atoms with Crippen LogP contribution in [0.25, 0.3) is 0 Å². The molecule has 0 radical (unpaired) electrons. The lowest BCUT2D eigenvalue weighted by Crippen LogP contribution is -2.28.